The van der Waals surface area contributed by atoms with Crippen LogP contribution in [0.25, 0.3) is 11.3 Å². The second-order valence-electron chi connectivity index (χ2n) is 4.08. The van der Waals surface area contributed by atoms with Crippen molar-refractivity contribution in [1.82, 2.24) is 9.97 Å². The average Bonchev–Trinajstić information content (AvgIpc) is 3.14. The van der Waals surface area contributed by atoms with Gasteiger partial charge in [-0.05, 0) is 36.0 Å². The van der Waals surface area contributed by atoms with Crippen LogP contribution < -0.4 is 4.74 Å². The Morgan fingerprint density at radius 1 is 1.23 bits per heavy atom. The molecule has 0 fully saturated rings. The van der Waals surface area contributed by atoms with Gasteiger partial charge in [0.2, 0.25) is 0 Å². The topological polar surface area (TPSA) is 52.1 Å². The molecule has 0 amide bonds. The molecule has 3 aromatic rings. The molecule has 0 saturated heterocycles. The highest BCUT2D eigenvalue weighted by molar-refractivity contribution is 8.02. The monoisotopic (exact) mass is 368 g/mol. The third-order valence-electron chi connectivity index (χ3n) is 2.74. The van der Waals surface area contributed by atoms with Gasteiger partial charge in [-0.25, -0.2) is 9.97 Å². The molecule has 2 aromatic heterocycles. The van der Waals surface area contributed by atoms with Gasteiger partial charge in [-0.15, -0.1) is 22.7 Å². The molecule has 3 rings (SSSR count). The predicted octanol–water partition coefficient (Wildman–Crippen LogP) is 4.89. The Balaban J connectivity index is 1.79. The van der Waals surface area contributed by atoms with E-state index in [4.69, 9.17) is 16.3 Å². The molecule has 0 atom stereocenters. The first-order chi connectivity index (χ1) is 10.7. The van der Waals surface area contributed by atoms with Gasteiger partial charge >= 0.3 is 0 Å². The number of methoxy groups -OCH3 is 1. The van der Waals surface area contributed by atoms with Crippen LogP contribution in [0.5, 0.6) is 5.75 Å². The lowest BCUT2D eigenvalue weighted by atomic mass is 10.2. The SMILES string of the molecule is COc1ccc(-c2csc(Sc3nc(Cl)c(C=O)s3)n2)cc1. The first kappa shape index (κ1) is 15.5. The first-order valence-corrected chi connectivity index (χ1v) is 8.98. The van der Waals surface area contributed by atoms with Crippen LogP contribution in [-0.2, 0) is 0 Å². The van der Waals surface area contributed by atoms with Crippen LogP contribution in [-0.4, -0.2) is 23.4 Å². The maximum absolute atomic E-state index is 10.8. The summed E-state index contributed by atoms with van der Waals surface area (Å²) in [4.78, 5) is 19.9. The van der Waals surface area contributed by atoms with Crippen molar-refractivity contribution in [3.8, 4) is 17.0 Å². The summed E-state index contributed by atoms with van der Waals surface area (Å²) < 4.78 is 6.71. The standard InChI is InChI=1S/C14H9ClN2O2S3/c1-19-9-4-2-8(3-5-9)10-7-20-13(16-10)22-14-17-12(15)11(6-18)21-14/h2-7H,1H3. The van der Waals surface area contributed by atoms with Crippen molar-refractivity contribution in [3.05, 3.63) is 39.7 Å². The lowest BCUT2D eigenvalue weighted by Crippen LogP contribution is -1.82. The summed E-state index contributed by atoms with van der Waals surface area (Å²) >= 11 is 10.1. The second-order valence-corrected chi connectivity index (χ2v) is 7.82. The minimum absolute atomic E-state index is 0.245. The Hall–Kier alpha value is -1.41. The maximum Gasteiger partial charge on any atom is 0.163 e. The number of nitrogens with zero attached hydrogens (tertiary/aromatic N) is 2. The normalized spacial score (nSPS) is 10.6. The Morgan fingerprint density at radius 3 is 2.64 bits per heavy atom. The maximum atomic E-state index is 10.8. The lowest BCUT2D eigenvalue weighted by Gasteiger charge is -2.00. The van der Waals surface area contributed by atoms with E-state index in [-0.39, 0.29) is 5.15 Å². The Morgan fingerprint density at radius 2 is 2.00 bits per heavy atom. The van der Waals surface area contributed by atoms with Crippen LogP contribution in [0.1, 0.15) is 9.67 Å². The molecule has 4 nitrogen and oxygen atoms in total. The molecule has 112 valence electrons. The predicted molar refractivity (Wildman–Crippen MR) is 90.7 cm³/mol. The van der Waals surface area contributed by atoms with E-state index in [0.717, 1.165) is 21.3 Å². The molecule has 0 saturated carbocycles. The molecule has 22 heavy (non-hydrogen) atoms. The molecule has 8 heteroatoms. The zero-order chi connectivity index (χ0) is 15.5. The molecule has 1 aromatic carbocycles. The number of carbonyl (C=O) groups is 1. The van der Waals surface area contributed by atoms with E-state index in [2.05, 4.69) is 9.97 Å². The zero-order valence-corrected chi connectivity index (χ0v) is 14.5. The van der Waals surface area contributed by atoms with Gasteiger partial charge in [0.15, 0.2) is 20.1 Å². The molecule has 0 radical (unpaired) electrons. The van der Waals surface area contributed by atoms with Crippen molar-refractivity contribution in [1.29, 1.82) is 0 Å². The highest BCUT2D eigenvalue weighted by Gasteiger charge is 2.12. The molecule has 0 aliphatic rings. The van der Waals surface area contributed by atoms with E-state index in [1.54, 1.807) is 7.11 Å². The van der Waals surface area contributed by atoms with Crippen LogP contribution in [0.3, 0.4) is 0 Å². The van der Waals surface area contributed by atoms with E-state index in [0.29, 0.717) is 15.5 Å². The molecule has 0 aliphatic heterocycles. The van der Waals surface area contributed by atoms with Gasteiger partial charge in [-0.2, -0.15) is 0 Å². The van der Waals surface area contributed by atoms with Crippen LogP contribution in [0.15, 0.2) is 38.3 Å². The van der Waals surface area contributed by atoms with Crippen LogP contribution in [0.2, 0.25) is 5.15 Å². The quantitative estimate of drug-likeness (QED) is 0.600. The van der Waals surface area contributed by atoms with Crippen molar-refractivity contribution in [3.63, 3.8) is 0 Å². The van der Waals surface area contributed by atoms with Gasteiger partial charge in [-0.1, -0.05) is 11.6 Å². The van der Waals surface area contributed by atoms with Crippen molar-refractivity contribution < 1.29 is 9.53 Å². The van der Waals surface area contributed by atoms with Crippen LogP contribution in [0.4, 0.5) is 0 Å². The summed E-state index contributed by atoms with van der Waals surface area (Å²) in [5.74, 6) is 0.812. The Labute approximate surface area is 144 Å². The highest BCUT2D eigenvalue weighted by atomic mass is 35.5. The van der Waals surface area contributed by atoms with Gasteiger partial charge in [0, 0.05) is 10.9 Å². The lowest BCUT2D eigenvalue weighted by molar-refractivity contribution is 0.112. The molecule has 0 N–H and O–H groups in total. The number of benzene rings is 1. The number of aromatic nitrogens is 2. The summed E-state index contributed by atoms with van der Waals surface area (Å²) in [6, 6.07) is 7.73. The Kier molecular flexibility index (Phi) is 4.77. The van der Waals surface area contributed by atoms with Gasteiger partial charge in [-0.3, -0.25) is 4.79 Å². The molecule has 0 bridgehead atoms. The van der Waals surface area contributed by atoms with Gasteiger partial charge in [0.05, 0.1) is 12.8 Å². The van der Waals surface area contributed by atoms with E-state index >= 15 is 0 Å². The van der Waals surface area contributed by atoms with E-state index < -0.39 is 0 Å². The smallest absolute Gasteiger partial charge is 0.163 e. The fraction of sp³-hybridized carbons (Fsp3) is 0.0714. The summed E-state index contributed by atoms with van der Waals surface area (Å²) in [6.07, 6.45) is 0.717. The van der Waals surface area contributed by atoms with Gasteiger partial charge in [0.25, 0.3) is 0 Å². The largest absolute Gasteiger partial charge is 0.497 e. The van der Waals surface area contributed by atoms with Crippen molar-refractivity contribution >= 4 is 52.3 Å². The number of thiazole rings is 2. The zero-order valence-electron chi connectivity index (χ0n) is 11.3. The van der Waals surface area contributed by atoms with Crippen molar-refractivity contribution in [2.75, 3.05) is 7.11 Å². The number of hydrogen-bond donors (Lipinski definition) is 0. The number of hydrogen-bond acceptors (Lipinski definition) is 7. The van der Waals surface area contributed by atoms with E-state index in [1.807, 2.05) is 29.6 Å². The van der Waals surface area contributed by atoms with Gasteiger partial charge < -0.3 is 4.74 Å². The van der Waals surface area contributed by atoms with Crippen LogP contribution in [0, 0.1) is 0 Å². The highest BCUT2D eigenvalue weighted by Crippen LogP contribution is 2.37. The van der Waals surface area contributed by atoms with Crippen molar-refractivity contribution in [2.45, 2.75) is 8.68 Å². The number of rotatable bonds is 5. The van der Waals surface area contributed by atoms with Gasteiger partial charge in [0.1, 0.15) is 10.6 Å². The van der Waals surface area contributed by atoms with Crippen LogP contribution >= 0.6 is 46.0 Å². The summed E-state index contributed by atoms with van der Waals surface area (Å²) in [7, 11) is 1.64. The molecule has 0 aliphatic carbocycles. The number of halogens is 1. The molecular weight excluding hydrogens is 360 g/mol. The first-order valence-electron chi connectivity index (χ1n) is 6.09. The minimum Gasteiger partial charge on any atom is -0.497 e. The fourth-order valence-electron chi connectivity index (χ4n) is 1.68. The fourth-order valence-corrected chi connectivity index (χ4v) is 4.92. The number of aldehydes is 1. The molecule has 2 heterocycles. The van der Waals surface area contributed by atoms with Crippen molar-refractivity contribution in [2.24, 2.45) is 0 Å². The molecular formula is C14H9ClN2O2S3. The average molecular weight is 369 g/mol. The van der Waals surface area contributed by atoms with E-state index in [1.165, 1.54) is 34.4 Å². The Bertz CT molecular complexity index is 799. The third-order valence-corrected chi connectivity index (χ3v) is 6.12. The minimum atomic E-state index is 0.245. The summed E-state index contributed by atoms with van der Waals surface area (Å²) in [6.45, 7) is 0. The molecule has 0 spiro atoms. The summed E-state index contributed by atoms with van der Waals surface area (Å²) in [5, 5.41) is 2.23. The van der Waals surface area contributed by atoms with E-state index in [9.17, 15) is 4.79 Å². The second kappa shape index (κ2) is 6.78. The number of ether oxygens (including phenoxy) is 1. The molecule has 0 unspecified atom stereocenters. The summed E-state index contributed by atoms with van der Waals surface area (Å²) in [5.41, 5.74) is 1.92. The number of carbonyl (C=O) groups excluding carboxylic acids is 1. The third kappa shape index (κ3) is 3.33.